The summed E-state index contributed by atoms with van der Waals surface area (Å²) in [6, 6.07) is 14.8. The molecule has 0 fully saturated rings. The number of fused-ring (bicyclic) bond motifs is 1. The summed E-state index contributed by atoms with van der Waals surface area (Å²) < 4.78 is 42.3. The van der Waals surface area contributed by atoms with Gasteiger partial charge < -0.3 is 24.7 Å². The van der Waals surface area contributed by atoms with E-state index >= 15 is 0 Å². The summed E-state index contributed by atoms with van der Waals surface area (Å²) in [5.74, 6) is -1.23. The molecule has 2 atom stereocenters. The molecule has 0 bridgehead atoms. The Labute approximate surface area is 374 Å². The molecule has 0 spiro atoms. The van der Waals surface area contributed by atoms with Crippen molar-refractivity contribution in [2.75, 3.05) is 6.54 Å². The van der Waals surface area contributed by atoms with Crippen LogP contribution in [0.5, 0.6) is 0 Å². The van der Waals surface area contributed by atoms with Crippen LogP contribution in [0.25, 0.3) is 0 Å². The van der Waals surface area contributed by atoms with Gasteiger partial charge in [-0.3, -0.25) is 9.59 Å². The number of nitrogens with zero attached hydrogens (tertiary/aromatic N) is 2. The lowest BCUT2D eigenvalue weighted by atomic mass is 9.77. The van der Waals surface area contributed by atoms with Gasteiger partial charge in [-0.05, 0) is 99.6 Å². The van der Waals surface area contributed by atoms with Crippen LogP contribution in [0, 0.1) is 13.8 Å². The van der Waals surface area contributed by atoms with Crippen molar-refractivity contribution < 1.29 is 42.1 Å². The Morgan fingerprint density at radius 1 is 0.833 bits per heavy atom. The number of ketones is 1. The van der Waals surface area contributed by atoms with Gasteiger partial charge in [0.25, 0.3) is 5.91 Å². The van der Waals surface area contributed by atoms with Gasteiger partial charge in [0, 0.05) is 30.4 Å². The Balaban J connectivity index is 0.000000205. The number of amides is 1. The van der Waals surface area contributed by atoms with Crippen molar-refractivity contribution in [1.82, 2.24) is 5.32 Å². The zero-order valence-electron chi connectivity index (χ0n) is 33.0. The molecule has 4 heterocycles. The Hall–Kier alpha value is -3.34. The van der Waals surface area contributed by atoms with Crippen LogP contribution in [0.3, 0.4) is 0 Å². The number of oxime groups is 2. The molecule has 0 radical (unpaired) electrons. The SMILES string of the molecule is Cc1cc(C2=NO[C@](C)(c3cc(Cl)c(Cl)c(Cl)c3)C2)sc1C(=O)NCC(=O)CCC(F)(F)F.Cc1cc([C@]2(C)CC(c3ccc4c(c3)C(C)(C)OB4O)=NO2)cc(Cl)c1Cl. The summed E-state index contributed by atoms with van der Waals surface area (Å²) in [5.41, 5.74) is 5.34. The van der Waals surface area contributed by atoms with Gasteiger partial charge >= 0.3 is 13.3 Å². The fourth-order valence-electron chi connectivity index (χ4n) is 6.93. The Bertz CT molecular complexity index is 2400. The first-order valence-corrected chi connectivity index (χ1v) is 21.2. The van der Waals surface area contributed by atoms with Crippen LogP contribution in [-0.2, 0) is 35.9 Å². The highest BCUT2D eigenvalue weighted by molar-refractivity contribution is 7.16. The molecular formula is C41H38BCl5F3N3O6S. The van der Waals surface area contributed by atoms with Crippen molar-refractivity contribution in [2.45, 2.75) is 90.2 Å². The van der Waals surface area contributed by atoms with Gasteiger partial charge in [0.15, 0.2) is 17.0 Å². The first-order valence-electron chi connectivity index (χ1n) is 18.5. The average molecular weight is 946 g/mol. The third-order valence-corrected chi connectivity index (χ3v) is 13.8. The van der Waals surface area contributed by atoms with Crippen molar-refractivity contribution in [3.63, 3.8) is 0 Å². The van der Waals surface area contributed by atoms with Crippen molar-refractivity contribution >= 4 is 105 Å². The second kappa shape index (κ2) is 17.4. The number of halogens is 8. The number of alkyl halides is 3. The quantitative estimate of drug-likeness (QED) is 0.127. The summed E-state index contributed by atoms with van der Waals surface area (Å²) in [6.07, 6.45) is -5.33. The third-order valence-electron chi connectivity index (χ3n) is 10.4. The topological polar surface area (TPSA) is 119 Å². The highest BCUT2D eigenvalue weighted by atomic mass is 35.5. The number of hydrogen-bond acceptors (Lipinski definition) is 9. The molecular weight excluding hydrogens is 908 g/mol. The number of carbonyl (C=O) groups excluding carboxylic acids is 2. The summed E-state index contributed by atoms with van der Waals surface area (Å²) >= 11 is 31.9. The fraction of sp³-hybridized carbons (Fsp3) is 0.366. The summed E-state index contributed by atoms with van der Waals surface area (Å²) in [6.45, 7) is 10.9. The standard InChI is InChI=1S/C21H18Cl3F3N2O3S.C20H20BCl2NO3/c1-10-5-16(33-18(10)19(31)28-9-12(30)3-4-21(25,26)27)15-8-20(2,32-29-15)11-6-13(22)17(24)14(23)7-11;1-11-7-13(9-16(22)18(11)23)20(4)10-17(24-27-20)12-5-6-15-14(8-12)19(2,3)26-21(15)25/h5-7H,3-4,8-9H2,1-2H3,(H,28,31);5-9,25H,10H2,1-4H3/t2*20-/m00/s1. The van der Waals surface area contributed by atoms with Gasteiger partial charge in [-0.25, -0.2) is 0 Å². The van der Waals surface area contributed by atoms with E-state index in [2.05, 4.69) is 15.6 Å². The fourth-order valence-corrected chi connectivity index (χ4v) is 8.97. The zero-order chi connectivity index (χ0) is 44.1. The minimum absolute atomic E-state index is 0.242. The Morgan fingerprint density at radius 2 is 1.40 bits per heavy atom. The molecule has 2 N–H and O–H groups in total. The predicted octanol–water partition coefficient (Wildman–Crippen LogP) is 11.0. The molecule has 0 aliphatic carbocycles. The van der Waals surface area contributed by atoms with E-state index < -0.39 is 61.2 Å². The lowest BCUT2D eigenvalue weighted by molar-refractivity contribution is -0.142. The second-order valence-corrected chi connectivity index (χ2v) is 18.7. The maximum atomic E-state index is 12.5. The Kier molecular flexibility index (Phi) is 13.4. The lowest BCUT2D eigenvalue weighted by Crippen LogP contribution is -2.29. The highest BCUT2D eigenvalue weighted by Gasteiger charge is 2.43. The largest absolute Gasteiger partial charge is 0.492 e. The molecule has 19 heteroatoms. The number of carbonyl (C=O) groups is 2. The molecule has 60 heavy (non-hydrogen) atoms. The van der Waals surface area contributed by atoms with Crippen LogP contribution in [0.4, 0.5) is 13.2 Å². The first-order chi connectivity index (χ1) is 27.9. The van der Waals surface area contributed by atoms with Crippen LogP contribution >= 0.6 is 69.3 Å². The second-order valence-electron chi connectivity index (χ2n) is 15.7. The highest BCUT2D eigenvalue weighted by Crippen LogP contribution is 2.43. The molecule has 3 aliphatic rings. The number of aryl methyl sites for hydroxylation is 2. The van der Waals surface area contributed by atoms with Crippen molar-refractivity contribution in [2.24, 2.45) is 10.3 Å². The van der Waals surface area contributed by atoms with Crippen LogP contribution in [-0.4, -0.2) is 48.0 Å². The molecule has 0 unspecified atom stereocenters. The van der Waals surface area contributed by atoms with Crippen molar-refractivity contribution in [1.29, 1.82) is 0 Å². The number of benzene rings is 3. The van der Waals surface area contributed by atoms with E-state index in [1.165, 1.54) is 0 Å². The normalized spacial score (nSPS) is 20.4. The van der Waals surface area contributed by atoms with Gasteiger partial charge in [0.1, 0.15) is 5.71 Å². The van der Waals surface area contributed by atoms with Gasteiger partial charge in [-0.1, -0.05) is 86.5 Å². The maximum Gasteiger partial charge on any atom is 0.492 e. The molecule has 1 aromatic heterocycles. The number of hydrogen-bond donors (Lipinski definition) is 2. The summed E-state index contributed by atoms with van der Waals surface area (Å²) in [4.78, 5) is 36.6. The zero-order valence-corrected chi connectivity index (χ0v) is 37.6. The van der Waals surface area contributed by atoms with E-state index in [1.807, 2.05) is 65.0 Å². The van der Waals surface area contributed by atoms with E-state index in [1.54, 1.807) is 25.1 Å². The third kappa shape index (κ3) is 9.97. The molecule has 1 amide bonds. The monoisotopic (exact) mass is 943 g/mol. The molecule has 3 aromatic carbocycles. The van der Waals surface area contributed by atoms with Crippen LogP contribution < -0.4 is 10.8 Å². The minimum atomic E-state index is -4.42. The van der Waals surface area contributed by atoms with E-state index in [4.69, 9.17) is 72.3 Å². The molecule has 4 aromatic rings. The van der Waals surface area contributed by atoms with Crippen LogP contribution in [0.15, 0.2) is 58.8 Å². The first kappa shape index (κ1) is 46.2. The van der Waals surface area contributed by atoms with Crippen LogP contribution in [0.1, 0.15) is 101 Å². The van der Waals surface area contributed by atoms with E-state index in [0.29, 0.717) is 49.5 Å². The lowest BCUT2D eigenvalue weighted by Gasteiger charge is -2.23. The maximum absolute atomic E-state index is 12.5. The molecule has 3 aliphatic heterocycles. The number of rotatable bonds is 9. The number of Topliss-reactive ketones (excluding diaryl/α,β-unsaturated/α-hetero) is 1. The van der Waals surface area contributed by atoms with Crippen molar-refractivity contribution in [3.05, 3.63) is 117 Å². The van der Waals surface area contributed by atoms with Gasteiger partial charge in [0.2, 0.25) is 0 Å². The molecule has 0 saturated heterocycles. The molecule has 9 nitrogen and oxygen atoms in total. The average Bonchev–Trinajstić information content (AvgIpc) is 3.94. The van der Waals surface area contributed by atoms with Gasteiger partial charge in [0.05, 0.1) is 59.1 Å². The molecule has 0 saturated carbocycles. The van der Waals surface area contributed by atoms with Crippen molar-refractivity contribution in [3.8, 4) is 0 Å². The predicted molar refractivity (Wildman–Crippen MR) is 232 cm³/mol. The summed E-state index contributed by atoms with van der Waals surface area (Å²) in [5, 5.41) is 22.9. The van der Waals surface area contributed by atoms with E-state index in [-0.39, 0.29) is 15.1 Å². The van der Waals surface area contributed by atoms with E-state index in [0.717, 1.165) is 44.8 Å². The minimum Gasteiger partial charge on any atom is -0.423 e. The summed E-state index contributed by atoms with van der Waals surface area (Å²) in [7, 11) is -0.893. The van der Waals surface area contributed by atoms with Crippen LogP contribution in [0.2, 0.25) is 25.1 Å². The van der Waals surface area contributed by atoms with Gasteiger partial charge in [-0.15, -0.1) is 11.3 Å². The smallest absolute Gasteiger partial charge is 0.423 e. The number of nitrogens with one attached hydrogen (secondary N) is 1. The van der Waals surface area contributed by atoms with E-state index in [9.17, 15) is 27.8 Å². The van der Waals surface area contributed by atoms with Gasteiger partial charge in [-0.2, -0.15) is 13.2 Å². The number of thiophene rings is 1. The Morgan fingerprint density at radius 3 is 2.00 bits per heavy atom. The molecule has 7 rings (SSSR count). The molecule has 318 valence electrons.